The van der Waals surface area contributed by atoms with Gasteiger partial charge < -0.3 is 0 Å². The molecule has 1 unspecified atom stereocenters. The molecule has 0 aromatic carbocycles. The molecule has 0 spiro atoms. The van der Waals surface area contributed by atoms with Gasteiger partial charge in [-0.3, -0.25) is 0 Å². The van der Waals surface area contributed by atoms with E-state index < -0.39 is 15.6 Å². The lowest BCUT2D eigenvalue weighted by Gasteiger charge is -2.28. The molecular formula is C9H17ClN2O2S. The quantitative estimate of drug-likeness (QED) is 0.696. The summed E-state index contributed by atoms with van der Waals surface area (Å²) in [4.78, 5) is 0. The number of hydrogen-bond acceptors (Lipinski definition) is 3. The van der Waals surface area contributed by atoms with Crippen molar-refractivity contribution >= 4 is 21.6 Å². The Morgan fingerprint density at radius 1 is 1.53 bits per heavy atom. The van der Waals surface area contributed by atoms with Gasteiger partial charge >= 0.3 is 0 Å². The molecule has 4 nitrogen and oxygen atoms in total. The van der Waals surface area contributed by atoms with Gasteiger partial charge in [-0.2, -0.15) is 9.57 Å². The van der Waals surface area contributed by atoms with Gasteiger partial charge in [0.05, 0.1) is 11.8 Å². The molecule has 0 aliphatic carbocycles. The summed E-state index contributed by atoms with van der Waals surface area (Å²) < 4.78 is 24.7. The van der Waals surface area contributed by atoms with Gasteiger partial charge in [0, 0.05) is 12.9 Å². The van der Waals surface area contributed by atoms with E-state index in [1.165, 1.54) is 7.05 Å². The lowest BCUT2D eigenvalue weighted by atomic mass is 10.1. The summed E-state index contributed by atoms with van der Waals surface area (Å²) in [7, 11) is -2.00. The van der Waals surface area contributed by atoms with Crippen LogP contribution < -0.4 is 0 Å². The Labute approximate surface area is 96.9 Å². The third kappa shape index (κ3) is 3.98. The summed E-state index contributed by atoms with van der Waals surface area (Å²) in [6.45, 7) is 4.89. The lowest BCUT2D eigenvalue weighted by Crippen LogP contribution is -2.45. The highest BCUT2D eigenvalue weighted by Gasteiger charge is 2.33. The first-order valence-electron chi connectivity index (χ1n) is 4.61. The van der Waals surface area contributed by atoms with Crippen LogP contribution in [0, 0.1) is 17.2 Å². The van der Waals surface area contributed by atoms with E-state index >= 15 is 0 Å². The van der Waals surface area contributed by atoms with Crippen LogP contribution in [-0.2, 0) is 10.0 Å². The second-order valence-corrected chi connectivity index (χ2v) is 6.53. The predicted molar refractivity (Wildman–Crippen MR) is 61.1 cm³/mol. The zero-order valence-electron chi connectivity index (χ0n) is 9.49. The van der Waals surface area contributed by atoms with Gasteiger partial charge in [0.25, 0.3) is 0 Å². The fourth-order valence-electron chi connectivity index (χ4n) is 0.934. The largest absolute Gasteiger partial charge is 0.215 e. The fourth-order valence-corrected chi connectivity index (χ4v) is 2.97. The highest BCUT2D eigenvalue weighted by atomic mass is 35.5. The van der Waals surface area contributed by atoms with Crippen molar-refractivity contribution in [2.75, 3.05) is 18.7 Å². The van der Waals surface area contributed by atoms with Crippen LogP contribution in [0.1, 0.15) is 20.8 Å². The Morgan fingerprint density at radius 2 is 2.00 bits per heavy atom. The molecule has 0 bridgehead atoms. The Kier molecular flexibility index (Phi) is 5.04. The number of nitriles is 1. The number of halogens is 1. The van der Waals surface area contributed by atoms with Crippen LogP contribution in [0.25, 0.3) is 0 Å². The second-order valence-electron chi connectivity index (χ2n) is 4.18. The van der Waals surface area contributed by atoms with E-state index in [-0.39, 0.29) is 11.7 Å². The first-order chi connectivity index (χ1) is 6.67. The third-order valence-corrected chi connectivity index (χ3v) is 5.04. The third-order valence-electron chi connectivity index (χ3n) is 2.24. The van der Waals surface area contributed by atoms with E-state index in [0.29, 0.717) is 5.88 Å². The van der Waals surface area contributed by atoms with Crippen LogP contribution in [0.4, 0.5) is 0 Å². The van der Waals surface area contributed by atoms with Crippen molar-refractivity contribution in [2.45, 2.75) is 26.3 Å². The number of hydrogen-bond donors (Lipinski definition) is 0. The molecule has 0 N–H and O–H groups in total. The maximum atomic E-state index is 11.8. The average molecular weight is 253 g/mol. The number of nitrogens with zero attached hydrogens (tertiary/aromatic N) is 2. The topological polar surface area (TPSA) is 61.2 Å². The minimum absolute atomic E-state index is 0.0297. The summed E-state index contributed by atoms with van der Waals surface area (Å²) in [6.07, 6.45) is 0. The van der Waals surface area contributed by atoms with Crippen LogP contribution in [0.5, 0.6) is 0 Å². The highest BCUT2D eigenvalue weighted by molar-refractivity contribution is 7.89. The maximum Gasteiger partial charge on any atom is 0.215 e. The van der Waals surface area contributed by atoms with E-state index in [9.17, 15) is 8.42 Å². The highest BCUT2D eigenvalue weighted by Crippen LogP contribution is 2.17. The Morgan fingerprint density at radius 3 is 2.33 bits per heavy atom. The van der Waals surface area contributed by atoms with Crippen molar-refractivity contribution in [3.05, 3.63) is 0 Å². The molecule has 0 aromatic heterocycles. The number of alkyl halides is 1. The molecule has 0 amide bonds. The first-order valence-corrected chi connectivity index (χ1v) is 6.75. The zero-order valence-corrected chi connectivity index (χ0v) is 11.1. The minimum Gasteiger partial charge on any atom is -0.212 e. The standard InChI is InChI=1S/C9H17ClN2O2S/c1-8(5-10)6-15(13,14)12(4)9(2,3)7-11/h8H,5-6H2,1-4H3. The molecule has 0 heterocycles. The Bertz CT molecular complexity index is 346. The average Bonchev–Trinajstić information content (AvgIpc) is 2.15. The van der Waals surface area contributed by atoms with Crippen LogP contribution in [0.2, 0.25) is 0 Å². The molecule has 15 heavy (non-hydrogen) atoms. The molecule has 88 valence electrons. The molecule has 6 heteroatoms. The van der Waals surface area contributed by atoms with Crippen molar-refractivity contribution in [3.8, 4) is 6.07 Å². The summed E-state index contributed by atoms with van der Waals surface area (Å²) in [5.41, 5.74) is -1.02. The van der Waals surface area contributed by atoms with Crippen molar-refractivity contribution in [2.24, 2.45) is 5.92 Å². The Hall–Kier alpha value is -0.310. The number of sulfonamides is 1. The van der Waals surface area contributed by atoms with Crippen LogP contribution in [0.15, 0.2) is 0 Å². The molecule has 0 aliphatic rings. The molecule has 0 saturated heterocycles. The Balaban J connectivity index is 4.85. The predicted octanol–water partition coefficient (Wildman–Crippen LogP) is 1.43. The van der Waals surface area contributed by atoms with Crippen LogP contribution >= 0.6 is 11.6 Å². The van der Waals surface area contributed by atoms with Crippen molar-refractivity contribution in [1.82, 2.24) is 4.31 Å². The smallest absolute Gasteiger partial charge is 0.212 e. The number of rotatable bonds is 5. The minimum atomic E-state index is -3.42. The van der Waals surface area contributed by atoms with Crippen LogP contribution in [-0.4, -0.2) is 36.9 Å². The summed E-state index contributed by atoms with van der Waals surface area (Å²) in [5.74, 6) is 0.145. The van der Waals surface area contributed by atoms with Crippen molar-refractivity contribution in [3.63, 3.8) is 0 Å². The van der Waals surface area contributed by atoms with E-state index in [4.69, 9.17) is 16.9 Å². The molecule has 0 radical (unpaired) electrons. The van der Waals surface area contributed by atoms with Crippen LogP contribution in [0.3, 0.4) is 0 Å². The van der Waals surface area contributed by atoms with Crippen molar-refractivity contribution in [1.29, 1.82) is 5.26 Å². The van der Waals surface area contributed by atoms with Gasteiger partial charge in [-0.25, -0.2) is 8.42 Å². The molecule has 1 atom stereocenters. The molecule has 0 fully saturated rings. The fraction of sp³-hybridized carbons (Fsp3) is 0.889. The van der Waals surface area contributed by atoms with Gasteiger partial charge in [-0.1, -0.05) is 6.92 Å². The normalized spacial score (nSPS) is 15.0. The second kappa shape index (κ2) is 5.15. The molecular weight excluding hydrogens is 236 g/mol. The van der Waals surface area contributed by atoms with Crippen molar-refractivity contribution < 1.29 is 8.42 Å². The summed E-state index contributed by atoms with van der Waals surface area (Å²) >= 11 is 5.56. The monoisotopic (exact) mass is 252 g/mol. The van der Waals surface area contributed by atoms with Gasteiger partial charge in [-0.15, -0.1) is 11.6 Å². The molecule has 0 rings (SSSR count). The van der Waals surface area contributed by atoms with Gasteiger partial charge in [0.1, 0.15) is 5.54 Å². The maximum absolute atomic E-state index is 11.8. The summed E-state index contributed by atoms with van der Waals surface area (Å²) in [6, 6.07) is 1.95. The van der Waals surface area contributed by atoms with E-state index in [0.717, 1.165) is 4.31 Å². The summed E-state index contributed by atoms with van der Waals surface area (Å²) in [5, 5.41) is 8.84. The van der Waals surface area contributed by atoms with Gasteiger partial charge in [0.15, 0.2) is 0 Å². The van der Waals surface area contributed by atoms with E-state index in [1.807, 2.05) is 6.07 Å². The SMILES string of the molecule is CC(CCl)CS(=O)(=O)N(C)C(C)(C)C#N. The lowest BCUT2D eigenvalue weighted by molar-refractivity contribution is 0.335. The van der Waals surface area contributed by atoms with E-state index in [2.05, 4.69) is 0 Å². The van der Waals surface area contributed by atoms with Gasteiger partial charge in [-0.05, 0) is 19.8 Å². The van der Waals surface area contributed by atoms with E-state index in [1.54, 1.807) is 20.8 Å². The molecule has 0 saturated carbocycles. The molecule has 0 aliphatic heterocycles. The zero-order chi connectivity index (χ0) is 12.3. The molecule has 0 aromatic rings. The first kappa shape index (κ1) is 14.7. The van der Waals surface area contributed by atoms with Gasteiger partial charge in [0.2, 0.25) is 10.0 Å².